The van der Waals surface area contributed by atoms with E-state index in [1.165, 1.54) is 0 Å². The molecule has 0 saturated carbocycles. The monoisotopic (exact) mass is 249 g/mol. The number of rotatable bonds is 3. The fourth-order valence-electron chi connectivity index (χ4n) is 1.99. The van der Waals surface area contributed by atoms with Gasteiger partial charge >= 0.3 is 5.97 Å². The summed E-state index contributed by atoms with van der Waals surface area (Å²) in [5.41, 5.74) is 2.30. The quantitative estimate of drug-likeness (QED) is 0.821. The molecule has 2 rings (SSSR count). The molecule has 0 amide bonds. The lowest BCUT2D eigenvalue weighted by Crippen LogP contribution is -2.29. The van der Waals surface area contributed by atoms with Crippen LogP contribution in [0.2, 0.25) is 0 Å². The number of esters is 1. The summed E-state index contributed by atoms with van der Waals surface area (Å²) in [6, 6.07) is 0. The lowest BCUT2D eigenvalue weighted by Gasteiger charge is -2.20. The summed E-state index contributed by atoms with van der Waals surface area (Å²) in [6.07, 6.45) is 0.837. The highest BCUT2D eigenvalue weighted by Gasteiger charge is 2.23. The van der Waals surface area contributed by atoms with E-state index in [9.17, 15) is 4.79 Å². The summed E-state index contributed by atoms with van der Waals surface area (Å²) >= 11 is 0. The molecule has 0 saturated heterocycles. The predicted molar refractivity (Wildman–Crippen MR) is 67.5 cm³/mol. The molecule has 98 valence electrons. The Labute approximate surface area is 107 Å². The zero-order valence-electron chi connectivity index (χ0n) is 11.1. The van der Waals surface area contributed by atoms with Crippen molar-refractivity contribution in [3.63, 3.8) is 0 Å². The zero-order valence-corrected chi connectivity index (χ0v) is 11.1. The maximum absolute atomic E-state index is 12.0. The third-order valence-corrected chi connectivity index (χ3v) is 2.94. The van der Waals surface area contributed by atoms with Crippen molar-refractivity contribution in [2.75, 3.05) is 13.2 Å². The normalized spacial score (nSPS) is 14.4. The minimum atomic E-state index is -0.346. The fourth-order valence-corrected chi connectivity index (χ4v) is 1.99. The highest BCUT2D eigenvalue weighted by Crippen LogP contribution is 2.19. The molecule has 1 N–H and O–H groups in total. The minimum Gasteiger partial charge on any atom is -0.461 e. The molecule has 0 fully saturated rings. The molecule has 5 nitrogen and oxygen atoms in total. The van der Waals surface area contributed by atoms with E-state index in [2.05, 4.69) is 15.3 Å². The largest absolute Gasteiger partial charge is 0.461 e. The second-order valence-corrected chi connectivity index (χ2v) is 4.66. The van der Waals surface area contributed by atoms with Crippen LogP contribution in [0.5, 0.6) is 0 Å². The first-order chi connectivity index (χ1) is 8.63. The molecule has 1 aromatic heterocycles. The van der Waals surface area contributed by atoms with Gasteiger partial charge in [0.1, 0.15) is 5.82 Å². The molecule has 1 aliphatic rings. The molecule has 0 aliphatic carbocycles. The van der Waals surface area contributed by atoms with Crippen LogP contribution in [0, 0.1) is 0 Å². The summed E-state index contributed by atoms with van der Waals surface area (Å²) in [6.45, 7) is 7.75. The topological polar surface area (TPSA) is 64.1 Å². The molecule has 0 bridgehead atoms. The Morgan fingerprint density at radius 1 is 1.44 bits per heavy atom. The lowest BCUT2D eigenvalue weighted by atomic mass is 10.0. The smallest absolute Gasteiger partial charge is 0.357 e. The van der Waals surface area contributed by atoms with Gasteiger partial charge in [-0.2, -0.15) is 0 Å². The maximum atomic E-state index is 12.0. The third-order valence-electron chi connectivity index (χ3n) is 2.94. The van der Waals surface area contributed by atoms with Crippen molar-refractivity contribution in [3.8, 4) is 0 Å². The Bertz CT molecular complexity index is 458. The van der Waals surface area contributed by atoms with Gasteiger partial charge in [-0.25, -0.2) is 14.8 Å². The van der Waals surface area contributed by atoms with E-state index in [1.54, 1.807) is 6.92 Å². The Morgan fingerprint density at radius 2 is 2.22 bits per heavy atom. The second-order valence-electron chi connectivity index (χ2n) is 4.66. The van der Waals surface area contributed by atoms with Crippen LogP contribution in [-0.4, -0.2) is 29.1 Å². The van der Waals surface area contributed by atoms with Crippen LogP contribution >= 0.6 is 0 Å². The average molecular weight is 249 g/mol. The molecular formula is C13H19N3O2. The number of nitrogens with one attached hydrogen (secondary N) is 1. The standard InChI is InChI=1S/C13H19N3O2/c1-4-18-13(17)11-9-7-14-6-5-10(9)15-12(16-11)8(2)3/h8,14H,4-7H2,1-3H3. The Kier molecular flexibility index (Phi) is 3.91. The van der Waals surface area contributed by atoms with Crippen molar-refractivity contribution >= 4 is 5.97 Å². The number of aromatic nitrogens is 2. The number of fused-ring (bicyclic) bond motifs is 1. The van der Waals surface area contributed by atoms with E-state index in [4.69, 9.17) is 4.74 Å². The van der Waals surface area contributed by atoms with E-state index in [-0.39, 0.29) is 11.9 Å². The summed E-state index contributed by atoms with van der Waals surface area (Å²) in [5, 5.41) is 3.24. The van der Waals surface area contributed by atoms with Gasteiger partial charge in [0.25, 0.3) is 0 Å². The number of hydrogen-bond donors (Lipinski definition) is 1. The number of hydrogen-bond acceptors (Lipinski definition) is 5. The first-order valence-corrected chi connectivity index (χ1v) is 6.41. The molecule has 2 heterocycles. The average Bonchev–Trinajstić information content (AvgIpc) is 2.37. The predicted octanol–water partition coefficient (Wildman–Crippen LogP) is 1.42. The summed E-state index contributed by atoms with van der Waals surface area (Å²) in [5.74, 6) is 0.582. The van der Waals surface area contributed by atoms with Crippen molar-refractivity contribution in [1.29, 1.82) is 0 Å². The molecule has 0 aromatic carbocycles. The Balaban J connectivity index is 2.47. The maximum Gasteiger partial charge on any atom is 0.357 e. The molecular weight excluding hydrogens is 230 g/mol. The van der Waals surface area contributed by atoms with Crippen LogP contribution in [-0.2, 0) is 17.7 Å². The van der Waals surface area contributed by atoms with Gasteiger partial charge in [0, 0.05) is 31.0 Å². The minimum absolute atomic E-state index is 0.207. The molecule has 18 heavy (non-hydrogen) atoms. The molecule has 1 aliphatic heterocycles. The van der Waals surface area contributed by atoms with Crippen LogP contribution in [0.15, 0.2) is 0 Å². The molecule has 0 radical (unpaired) electrons. The van der Waals surface area contributed by atoms with Gasteiger partial charge in [-0.1, -0.05) is 13.8 Å². The lowest BCUT2D eigenvalue weighted by molar-refractivity contribution is 0.0516. The van der Waals surface area contributed by atoms with E-state index < -0.39 is 0 Å². The molecule has 1 aromatic rings. The first kappa shape index (κ1) is 13.0. The van der Waals surface area contributed by atoms with Gasteiger partial charge in [-0.05, 0) is 6.92 Å². The third kappa shape index (κ3) is 2.51. The van der Waals surface area contributed by atoms with Gasteiger partial charge in [-0.15, -0.1) is 0 Å². The van der Waals surface area contributed by atoms with Crippen LogP contribution in [0.1, 0.15) is 54.3 Å². The number of ether oxygens (including phenoxy) is 1. The van der Waals surface area contributed by atoms with Crippen molar-refractivity contribution < 1.29 is 9.53 Å². The molecule has 0 spiro atoms. The van der Waals surface area contributed by atoms with Crippen molar-refractivity contribution in [2.24, 2.45) is 0 Å². The highest BCUT2D eigenvalue weighted by atomic mass is 16.5. The summed E-state index contributed by atoms with van der Waals surface area (Å²) in [4.78, 5) is 20.9. The molecule has 0 atom stereocenters. The van der Waals surface area contributed by atoms with Crippen LogP contribution in [0.4, 0.5) is 0 Å². The van der Waals surface area contributed by atoms with Crippen molar-refractivity contribution in [2.45, 2.75) is 39.7 Å². The van der Waals surface area contributed by atoms with Crippen LogP contribution in [0.3, 0.4) is 0 Å². The fraction of sp³-hybridized carbons (Fsp3) is 0.615. The molecule has 0 unspecified atom stereocenters. The Hall–Kier alpha value is -1.49. The zero-order chi connectivity index (χ0) is 13.1. The SMILES string of the molecule is CCOC(=O)c1nc(C(C)C)nc2c1CNCC2. The number of nitrogens with zero attached hydrogens (tertiary/aromatic N) is 2. The van der Waals surface area contributed by atoms with Gasteiger partial charge < -0.3 is 10.1 Å². The van der Waals surface area contributed by atoms with E-state index in [0.717, 1.165) is 30.0 Å². The summed E-state index contributed by atoms with van der Waals surface area (Å²) in [7, 11) is 0. The van der Waals surface area contributed by atoms with Crippen LogP contribution in [0.25, 0.3) is 0 Å². The summed E-state index contributed by atoms with van der Waals surface area (Å²) < 4.78 is 5.07. The highest BCUT2D eigenvalue weighted by molar-refractivity contribution is 5.89. The first-order valence-electron chi connectivity index (χ1n) is 6.41. The molecule has 5 heteroatoms. The van der Waals surface area contributed by atoms with E-state index in [1.807, 2.05) is 13.8 Å². The van der Waals surface area contributed by atoms with E-state index >= 15 is 0 Å². The van der Waals surface area contributed by atoms with Crippen molar-refractivity contribution in [1.82, 2.24) is 15.3 Å². The van der Waals surface area contributed by atoms with E-state index in [0.29, 0.717) is 18.8 Å². The van der Waals surface area contributed by atoms with Crippen molar-refractivity contribution in [3.05, 3.63) is 22.8 Å². The second kappa shape index (κ2) is 5.44. The van der Waals surface area contributed by atoms with Gasteiger partial charge in [0.2, 0.25) is 0 Å². The van der Waals surface area contributed by atoms with Gasteiger partial charge in [0.15, 0.2) is 5.69 Å². The Morgan fingerprint density at radius 3 is 2.89 bits per heavy atom. The van der Waals surface area contributed by atoms with Gasteiger partial charge in [-0.3, -0.25) is 0 Å². The van der Waals surface area contributed by atoms with Crippen LogP contribution < -0.4 is 5.32 Å². The number of carbonyl (C=O) groups excluding carboxylic acids is 1. The van der Waals surface area contributed by atoms with Gasteiger partial charge in [0.05, 0.1) is 12.3 Å². The number of carbonyl (C=O) groups is 1.